The van der Waals surface area contributed by atoms with Gasteiger partial charge in [-0.25, -0.2) is 0 Å². The molecule has 162 valence electrons. The molecule has 1 aromatic heterocycles. The molecule has 0 radical (unpaired) electrons. The number of hydrogen-bond donors (Lipinski definition) is 1. The van der Waals surface area contributed by atoms with Gasteiger partial charge in [-0.3, -0.25) is 4.79 Å². The lowest BCUT2D eigenvalue weighted by molar-refractivity contribution is -0.116. The van der Waals surface area contributed by atoms with Crippen LogP contribution >= 0.6 is 0 Å². The number of methoxy groups -OCH3 is 1. The first kappa shape index (κ1) is 21.2. The van der Waals surface area contributed by atoms with Gasteiger partial charge in [0.25, 0.3) is 0 Å². The van der Waals surface area contributed by atoms with Crippen LogP contribution in [-0.4, -0.2) is 18.2 Å². The van der Waals surface area contributed by atoms with Crippen molar-refractivity contribution in [2.24, 2.45) is 0 Å². The molecule has 1 amide bonds. The van der Waals surface area contributed by atoms with Gasteiger partial charge in [-0.1, -0.05) is 37.8 Å². The summed E-state index contributed by atoms with van der Waals surface area (Å²) in [4.78, 5) is 12.2. The molecule has 0 unspecified atom stereocenters. The maximum atomic E-state index is 12.2. The molecule has 0 aliphatic heterocycles. The smallest absolute Gasteiger partial charge is 0.224 e. The van der Waals surface area contributed by atoms with Crippen molar-refractivity contribution in [3.05, 3.63) is 53.6 Å². The first-order chi connectivity index (χ1) is 15.2. The highest BCUT2D eigenvalue weighted by Crippen LogP contribution is 2.39. The molecule has 1 heterocycles. The van der Waals surface area contributed by atoms with Crippen molar-refractivity contribution in [3.8, 4) is 28.3 Å². The normalized spacial score (nSPS) is 12.2. The number of ether oxygens (including phenoxy) is 1. The summed E-state index contributed by atoms with van der Waals surface area (Å²) < 4.78 is 11.1. The molecule has 5 nitrogen and oxygen atoms in total. The third-order valence-electron chi connectivity index (χ3n) is 5.94. The molecule has 1 N–H and O–H groups in total. The molecule has 0 bridgehead atoms. The third kappa shape index (κ3) is 4.82. The first-order valence-corrected chi connectivity index (χ1v) is 11.3. The predicted molar refractivity (Wildman–Crippen MR) is 123 cm³/mol. The maximum Gasteiger partial charge on any atom is 0.224 e. The minimum Gasteiger partial charge on any atom is -0.497 e. The molecule has 0 saturated carbocycles. The lowest BCUT2D eigenvalue weighted by Gasteiger charge is -2.16. The number of rotatable bonds is 9. The van der Waals surface area contributed by atoms with Crippen LogP contribution in [0, 0.1) is 0 Å². The average molecular weight is 419 g/mol. The Balaban J connectivity index is 1.42. The zero-order chi connectivity index (χ0) is 21.6. The number of anilines is 1. The molecule has 0 saturated heterocycles. The predicted octanol–water partition coefficient (Wildman–Crippen LogP) is 6.41. The van der Waals surface area contributed by atoms with Crippen molar-refractivity contribution in [2.75, 3.05) is 12.4 Å². The van der Waals surface area contributed by atoms with Crippen molar-refractivity contribution >= 4 is 11.6 Å². The molecule has 1 aliphatic rings. The highest BCUT2D eigenvalue weighted by molar-refractivity contribution is 5.91. The lowest BCUT2D eigenvalue weighted by atomic mass is 9.88. The van der Waals surface area contributed by atoms with E-state index in [-0.39, 0.29) is 5.91 Å². The van der Waals surface area contributed by atoms with Crippen LogP contribution in [0.25, 0.3) is 22.6 Å². The molecule has 31 heavy (non-hydrogen) atoms. The molecule has 5 heteroatoms. The summed E-state index contributed by atoms with van der Waals surface area (Å²) in [5.41, 5.74) is 6.19. The topological polar surface area (TPSA) is 64.4 Å². The second-order valence-corrected chi connectivity index (χ2v) is 8.15. The minimum absolute atomic E-state index is 0.0772. The monoisotopic (exact) mass is 418 g/mol. The fraction of sp³-hybridized carbons (Fsp3) is 0.385. The minimum atomic E-state index is 0.0772. The summed E-state index contributed by atoms with van der Waals surface area (Å²) >= 11 is 0. The lowest BCUT2D eigenvalue weighted by Crippen LogP contribution is -2.10. The fourth-order valence-corrected chi connectivity index (χ4v) is 4.19. The molecule has 1 aliphatic carbocycles. The Morgan fingerprint density at radius 1 is 1.06 bits per heavy atom. The van der Waals surface area contributed by atoms with Gasteiger partial charge in [0.1, 0.15) is 11.4 Å². The van der Waals surface area contributed by atoms with Gasteiger partial charge in [0.15, 0.2) is 5.76 Å². The Kier molecular flexibility index (Phi) is 6.70. The highest BCUT2D eigenvalue weighted by atomic mass is 16.5. The second kappa shape index (κ2) is 9.82. The number of nitrogens with one attached hydrogen (secondary N) is 1. The van der Waals surface area contributed by atoms with Gasteiger partial charge in [-0.15, -0.1) is 0 Å². The van der Waals surface area contributed by atoms with Gasteiger partial charge in [-0.2, -0.15) is 0 Å². The van der Waals surface area contributed by atoms with Crippen LogP contribution in [0.15, 0.2) is 47.0 Å². The van der Waals surface area contributed by atoms with Gasteiger partial charge in [0.2, 0.25) is 5.91 Å². The number of carbonyl (C=O) groups is 1. The van der Waals surface area contributed by atoms with E-state index in [1.165, 1.54) is 24.8 Å². The second-order valence-electron chi connectivity index (χ2n) is 8.15. The van der Waals surface area contributed by atoms with Crippen LogP contribution in [0.5, 0.6) is 5.75 Å². The van der Waals surface area contributed by atoms with Crippen LogP contribution in [-0.2, 0) is 17.6 Å². The number of aromatic nitrogens is 1. The van der Waals surface area contributed by atoms with Crippen LogP contribution < -0.4 is 10.1 Å². The molecule has 3 aromatic rings. The molecule has 4 rings (SSSR count). The molecule has 0 spiro atoms. The van der Waals surface area contributed by atoms with Crippen molar-refractivity contribution in [2.45, 2.75) is 58.3 Å². The van der Waals surface area contributed by atoms with Gasteiger partial charge >= 0.3 is 0 Å². The zero-order valence-corrected chi connectivity index (χ0v) is 18.4. The van der Waals surface area contributed by atoms with Crippen LogP contribution in [0.3, 0.4) is 0 Å². The van der Waals surface area contributed by atoms with Crippen molar-refractivity contribution in [1.29, 1.82) is 0 Å². The zero-order valence-electron chi connectivity index (χ0n) is 18.4. The Hall–Kier alpha value is -3.08. The third-order valence-corrected chi connectivity index (χ3v) is 5.94. The fourth-order valence-electron chi connectivity index (χ4n) is 4.19. The summed E-state index contributed by atoms with van der Waals surface area (Å²) in [6, 6.07) is 13.9. The Morgan fingerprint density at radius 3 is 2.65 bits per heavy atom. The SMILES string of the molecule is CCCCCCCC(=O)Nc1ccc(-c2onc3c2CCc2cc(OC)ccc2-3)cc1. The summed E-state index contributed by atoms with van der Waals surface area (Å²) in [7, 11) is 1.68. The number of nitrogens with zero attached hydrogens (tertiary/aromatic N) is 1. The van der Waals surface area contributed by atoms with Gasteiger partial charge in [0.05, 0.1) is 7.11 Å². The van der Waals surface area contributed by atoms with Crippen molar-refractivity contribution in [1.82, 2.24) is 5.16 Å². The van der Waals surface area contributed by atoms with Crippen LogP contribution in [0.4, 0.5) is 5.69 Å². The molecule has 0 atom stereocenters. The number of amides is 1. The Labute approximate surface area is 183 Å². The highest BCUT2D eigenvalue weighted by Gasteiger charge is 2.25. The van der Waals surface area contributed by atoms with Gasteiger partial charge in [0, 0.05) is 28.8 Å². The van der Waals surface area contributed by atoms with Crippen LogP contribution in [0.2, 0.25) is 0 Å². The van der Waals surface area contributed by atoms with E-state index in [4.69, 9.17) is 9.26 Å². The molecule has 2 aromatic carbocycles. The number of unbranched alkanes of at least 4 members (excludes halogenated alkanes) is 4. The van der Waals surface area contributed by atoms with E-state index in [2.05, 4.69) is 29.5 Å². The maximum absolute atomic E-state index is 12.2. The number of hydrogen-bond acceptors (Lipinski definition) is 4. The first-order valence-electron chi connectivity index (χ1n) is 11.3. The standard InChI is InChI=1S/C26H30N2O3/c1-3-4-5-6-7-8-24(29)27-20-12-9-18(10-13-20)26-23-15-11-19-17-21(30-2)14-16-22(19)25(23)28-31-26/h9-10,12-14,16-17H,3-8,11,15H2,1-2H3,(H,27,29). The van der Waals surface area contributed by atoms with Gasteiger partial charge < -0.3 is 14.6 Å². The average Bonchev–Trinajstić information content (AvgIpc) is 3.23. The van der Waals surface area contributed by atoms with Crippen molar-refractivity contribution in [3.63, 3.8) is 0 Å². The number of benzene rings is 2. The van der Waals surface area contributed by atoms with E-state index >= 15 is 0 Å². The van der Waals surface area contributed by atoms with Crippen molar-refractivity contribution < 1.29 is 14.1 Å². The number of fused-ring (bicyclic) bond motifs is 3. The van der Waals surface area contributed by atoms with E-state index in [1.807, 2.05) is 30.3 Å². The summed E-state index contributed by atoms with van der Waals surface area (Å²) in [5.74, 6) is 1.75. The van der Waals surface area contributed by atoms with E-state index < -0.39 is 0 Å². The Morgan fingerprint density at radius 2 is 1.87 bits per heavy atom. The summed E-state index contributed by atoms with van der Waals surface area (Å²) in [6.07, 6.45) is 8.12. The number of carbonyl (C=O) groups excluding carboxylic acids is 1. The molecule has 0 fully saturated rings. The van der Waals surface area contributed by atoms with Gasteiger partial charge in [-0.05, 0) is 67.3 Å². The Bertz CT molecular complexity index is 1040. The molecular weight excluding hydrogens is 388 g/mol. The van der Waals surface area contributed by atoms with E-state index in [0.717, 1.165) is 65.3 Å². The van der Waals surface area contributed by atoms with E-state index in [0.29, 0.717) is 6.42 Å². The summed E-state index contributed by atoms with van der Waals surface area (Å²) in [5, 5.41) is 7.36. The van der Waals surface area contributed by atoms with Crippen LogP contribution in [0.1, 0.15) is 56.6 Å². The van der Waals surface area contributed by atoms with E-state index in [9.17, 15) is 4.79 Å². The quantitative estimate of drug-likeness (QED) is 0.408. The van der Waals surface area contributed by atoms with E-state index in [1.54, 1.807) is 7.11 Å². The summed E-state index contributed by atoms with van der Waals surface area (Å²) in [6.45, 7) is 2.20. The number of aryl methyl sites for hydroxylation is 1. The molecular formula is C26H30N2O3. The largest absolute Gasteiger partial charge is 0.497 e.